The first-order chi connectivity index (χ1) is 9.13. The van der Waals surface area contributed by atoms with Crippen molar-refractivity contribution in [2.75, 3.05) is 13.1 Å². The van der Waals surface area contributed by atoms with E-state index in [4.69, 9.17) is 5.11 Å². The van der Waals surface area contributed by atoms with Crippen LogP contribution in [0.1, 0.15) is 35.7 Å². The molecule has 0 radical (unpaired) electrons. The number of amides is 1. The monoisotopic (exact) mass is 264 g/mol. The molecule has 1 aromatic carbocycles. The Morgan fingerprint density at radius 3 is 2.42 bits per heavy atom. The SMILES string of the molecule is CCCNC(=O)CCNCc1ccc(C(=O)O)cc1. The lowest BCUT2D eigenvalue weighted by Crippen LogP contribution is -2.28. The number of hydrogen-bond donors (Lipinski definition) is 3. The fraction of sp³-hybridized carbons (Fsp3) is 0.429. The summed E-state index contributed by atoms with van der Waals surface area (Å²) in [6.07, 6.45) is 1.39. The molecule has 3 N–H and O–H groups in total. The number of carboxylic acids is 1. The topological polar surface area (TPSA) is 78.4 Å². The zero-order chi connectivity index (χ0) is 14.1. The molecule has 0 aliphatic carbocycles. The van der Waals surface area contributed by atoms with Gasteiger partial charge >= 0.3 is 5.97 Å². The molecule has 0 aromatic heterocycles. The maximum absolute atomic E-state index is 11.3. The van der Waals surface area contributed by atoms with Crippen molar-refractivity contribution >= 4 is 11.9 Å². The van der Waals surface area contributed by atoms with Gasteiger partial charge in [-0.05, 0) is 24.1 Å². The Bertz CT molecular complexity index is 415. The number of aromatic carboxylic acids is 1. The zero-order valence-corrected chi connectivity index (χ0v) is 11.1. The van der Waals surface area contributed by atoms with Gasteiger partial charge in [-0.1, -0.05) is 19.1 Å². The molecular formula is C14H20N2O3. The number of hydrogen-bond acceptors (Lipinski definition) is 3. The summed E-state index contributed by atoms with van der Waals surface area (Å²) in [6, 6.07) is 6.70. The summed E-state index contributed by atoms with van der Waals surface area (Å²) in [4.78, 5) is 22.0. The minimum atomic E-state index is -0.924. The number of benzene rings is 1. The highest BCUT2D eigenvalue weighted by Gasteiger charge is 2.02. The van der Waals surface area contributed by atoms with E-state index in [1.54, 1.807) is 24.3 Å². The van der Waals surface area contributed by atoms with Gasteiger partial charge < -0.3 is 15.7 Å². The Morgan fingerprint density at radius 1 is 1.16 bits per heavy atom. The highest BCUT2D eigenvalue weighted by molar-refractivity contribution is 5.87. The molecule has 5 heteroatoms. The average molecular weight is 264 g/mol. The molecule has 0 aliphatic rings. The molecule has 5 nitrogen and oxygen atoms in total. The smallest absolute Gasteiger partial charge is 0.335 e. The van der Waals surface area contributed by atoms with Crippen LogP contribution < -0.4 is 10.6 Å². The third kappa shape index (κ3) is 6.01. The molecule has 0 spiro atoms. The highest BCUT2D eigenvalue weighted by Crippen LogP contribution is 2.04. The van der Waals surface area contributed by atoms with E-state index < -0.39 is 5.97 Å². The molecule has 0 unspecified atom stereocenters. The minimum absolute atomic E-state index is 0.0515. The molecule has 19 heavy (non-hydrogen) atoms. The van der Waals surface area contributed by atoms with Crippen molar-refractivity contribution in [3.63, 3.8) is 0 Å². The summed E-state index contributed by atoms with van der Waals surface area (Å²) in [6.45, 7) is 3.96. The van der Waals surface area contributed by atoms with Gasteiger partial charge in [0.1, 0.15) is 0 Å². The number of carboxylic acid groups (broad SMARTS) is 1. The third-order valence-corrected chi connectivity index (χ3v) is 2.63. The first kappa shape index (κ1) is 15.2. The predicted molar refractivity (Wildman–Crippen MR) is 73.0 cm³/mol. The van der Waals surface area contributed by atoms with Gasteiger partial charge in [-0.15, -0.1) is 0 Å². The fourth-order valence-electron chi connectivity index (χ4n) is 1.55. The van der Waals surface area contributed by atoms with Gasteiger partial charge in [0.05, 0.1) is 5.56 Å². The van der Waals surface area contributed by atoms with E-state index in [0.717, 1.165) is 18.5 Å². The summed E-state index contributed by atoms with van der Waals surface area (Å²) in [5, 5.41) is 14.7. The van der Waals surface area contributed by atoms with Gasteiger partial charge in [0, 0.05) is 26.1 Å². The second-order valence-corrected chi connectivity index (χ2v) is 4.28. The first-order valence-corrected chi connectivity index (χ1v) is 6.43. The summed E-state index contributed by atoms with van der Waals surface area (Å²) in [5.41, 5.74) is 1.28. The molecule has 0 aliphatic heterocycles. The highest BCUT2D eigenvalue weighted by atomic mass is 16.4. The van der Waals surface area contributed by atoms with Gasteiger partial charge in [0.25, 0.3) is 0 Å². The van der Waals surface area contributed by atoms with E-state index in [0.29, 0.717) is 19.5 Å². The maximum Gasteiger partial charge on any atom is 0.335 e. The van der Waals surface area contributed by atoms with Crippen LogP contribution in [0.15, 0.2) is 24.3 Å². The molecule has 0 saturated carbocycles. The first-order valence-electron chi connectivity index (χ1n) is 6.43. The number of carbonyl (C=O) groups excluding carboxylic acids is 1. The molecule has 0 fully saturated rings. The summed E-state index contributed by atoms with van der Waals surface area (Å²) in [7, 11) is 0. The normalized spacial score (nSPS) is 10.2. The Morgan fingerprint density at radius 2 is 1.84 bits per heavy atom. The second-order valence-electron chi connectivity index (χ2n) is 4.28. The van der Waals surface area contributed by atoms with Crippen LogP contribution in [0.25, 0.3) is 0 Å². The molecule has 104 valence electrons. The molecule has 1 aromatic rings. The van der Waals surface area contributed by atoms with Crippen LogP contribution >= 0.6 is 0 Å². The quantitative estimate of drug-likeness (QED) is 0.620. The molecule has 1 amide bonds. The number of rotatable bonds is 8. The number of carbonyl (C=O) groups is 2. The van der Waals surface area contributed by atoms with Crippen molar-refractivity contribution < 1.29 is 14.7 Å². The largest absolute Gasteiger partial charge is 0.478 e. The van der Waals surface area contributed by atoms with Crippen molar-refractivity contribution in [3.05, 3.63) is 35.4 Å². The lowest BCUT2D eigenvalue weighted by molar-refractivity contribution is -0.120. The Balaban J connectivity index is 2.22. The van der Waals surface area contributed by atoms with Crippen molar-refractivity contribution in [2.45, 2.75) is 26.3 Å². The lowest BCUT2D eigenvalue weighted by atomic mass is 10.1. The van der Waals surface area contributed by atoms with Crippen LogP contribution in [0.3, 0.4) is 0 Å². The van der Waals surface area contributed by atoms with E-state index >= 15 is 0 Å². The minimum Gasteiger partial charge on any atom is -0.478 e. The van der Waals surface area contributed by atoms with E-state index in [2.05, 4.69) is 10.6 Å². The Labute approximate surface area is 113 Å². The van der Waals surface area contributed by atoms with E-state index in [1.165, 1.54) is 0 Å². The molecule has 1 rings (SSSR count). The van der Waals surface area contributed by atoms with Gasteiger partial charge in [0.2, 0.25) is 5.91 Å². The number of nitrogens with one attached hydrogen (secondary N) is 2. The Kier molecular flexibility index (Phi) is 6.60. The summed E-state index contributed by atoms with van der Waals surface area (Å²) >= 11 is 0. The van der Waals surface area contributed by atoms with Crippen molar-refractivity contribution in [3.8, 4) is 0 Å². The van der Waals surface area contributed by atoms with Gasteiger partial charge in [-0.2, -0.15) is 0 Å². The third-order valence-electron chi connectivity index (χ3n) is 2.63. The molecule has 0 heterocycles. The zero-order valence-electron chi connectivity index (χ0n) is 11.1. The van der Waals surface area contributed by atoms with E-state index in [-0.39, 0.29) is 11.5 Å². The molecule has 0 saturated heterocycles. The summed E-state index contributed by atoms with van der Waals surface area (Å²) < 4.78 is 0. The Hall–Kier alpha value is -1.88. The van der Waals surface area contributed by atoms with Gasteiger partial charge in [-0.3, -0.25) is 4.79 Å². The standard InChI is InChI=1S/C14H20N2O3/c1-2-8-16-13(17)7-9-15-10-11-3-5-12(6-4-11)14(18)19/h3-6,15H,2,7-10H2,1H3,(H,16,17)(H,18,19). The van der Waals surface area contributed by atoms with Gasteiger partial charge in [-0.25, -0.2) is 4.79 Å². The van der Waals surface area contributed by atoms with Crippen LogP contribution in [0.5, 0.6) is 0 Å². The summed E-state index contributed by atoms with van der Waals surface area (Å²) in [5.74, 6) is -0.873. The van der Waals surface area contributed by atoms with Crippen molar-refractivity contribution in [2.24, 2.45) is 0 Å². The average Bonchev–Trinajstić information content (AvgIpc) is 2.41. The molecule has 0 bridgehead atoms. The van der Waals surface area contributed by atoms with Crippen LogP contribution in [0.2, 0.25) is 0 Å². The predicted octanol–water partition coefficient (Wildman–Crippen LogP) is 1.39. The van der Waals surface area contributed by atoms with Crippen molar-refractivity contribution in [1.29, 1.82) is 0 Å². The lowest BCUT2D eigenvalue weighted by Gasteiger charge is -2.06. The molecule has 0 atom stereocenters. The molecular weight excluding hydrogens is 244 g/mol. The fourth-order valence-corrected chi connectivity index (χ4v) is 1.55. The van der Waals surface area contributed by atoms with Crippen molar-refractivity contribution in [1.82, 2.24) is 10.6 Å². The van der Waals surface area contributed by atoms with Crippen LogP contribution in [-0.4, -0.2) is 30.1 Å². The van der Waals surface area contributed by atoms with E-state index in [9.17, 15) is 9.59 Å². The van der Waals surface area contributed by atoms with Gasteiger partial charge in [0.15, 0.2) is 0 Å². The second kappa shape index (κ2) is 8.26. The van der Waals surface area contributed by atoms with Crippen LogP contribution in [0.4, 0.5) is 0 Å². The van der Waals surface area contributed by atoms with Crippen LogP contribution in [0, 0.1) is 0 Å². The maximum atomic E-state index is 11.3. The van der Waals surface area contributed by atoms with Crippen LogP contribution in [-0.2, 0) is 11.3 Å². The van der Waals surface area contributed by atoms with E-state index in [1.807, 2.05) is 6.92 Å².